The van der Waals surface area contributed by atoms with Crippen LogP contribution in [0, 0.1) is 6.92 Å². The Morgan fingerprint density at radius 2 is 2.08 bits per heavy atom. The highest BCUT2D eigenvalue weighted by Gasteiger charge is 2.31. The lowest BCUT2D eigenvalue weighted by atomic mass is 10.0. The first-order chi connectivity index (χ1) is 11.6. The maximum atomic E-state index is 12.8. The Hall–Kier alpha value is -2.20. The highest BCUT2D eigenvalue weighted by atomic mass is 35.5. The molecule has 2 amide bonds. The minimum absolute atomic E-state index is 0.00880. The topological polar surface area (TPSA) is 41.6 Å². The molecule has 1 N–H and O–H groups in total. The zero-order valence-corrected chi connectivity index (χ0v) is 14.6. The first kappa shape index (κ1) is 16.7. The van der Waals surface area contributed by atoms with Crippen molar-refractivity contribution in [2.45, 2.75) is 25.8 Å². The van der Waals surface area contributed by atoms with Crippen LogP contribution in [0.3, 0.4) is 0 Å². The standard InChI is InChI=1S/C19H21ClN2O2/c1-13-9-10-18(24-2)16(12-13)21-19(23)22-11-5-8-17(22)14-6-3-4-7-15(14)20/h3-4,6-7,9-10,12,17H,5,8,11H2,1-2H3,(H,21,23). The van der Waals surface area contributed by atoms with Gasteiger partial charge in [-0.1, -0.05) is 35.9 Å². The van der Waals surface area contributed by atoms with E-state index in [2.05, 4.69) is 5.32 Å². The van der Waals surface area contributed by atoms with Crippen LogP contribution in [0.1, 0.15) is 30.0 Å². The van der Waals surface area contributed by atoms with E-state index in [0.717, 1.165) is 30.5 Å². The molecule has 1 aliphatic heterocycles. The molecule has 0 spiro atoms. The molecule has 0 bridgehead atoms. The fraction of sp³-hybridized carbons (Fsp3) is 0.316. The van der Waals surface area contributed by atoms with Crippen molar-refractivity contribution >= 4 is 23.3 Å². The van der Waals surface area contributed by atoms with Crippen LogP contribution < -0.4 is 10.1 Å². The van der Waals surface area contributed by atoms with E-state index in [0.29, 0.717) is 16.5 Å². The largest absolute Gasteiger partial charge is 0.495 e. The van der Waals surface area contributed by atoms with Gasteiger partial charge in [0.25, 0.3) is 0 Å². The first-order valence-corrected chi connectivity index (χ1v) is 8.44. The van der Waals surface area contributed by atoms with E-state index in [4.69, 9.17) is 16.3 Å². The molecule has 24 heavy (non-hydrogen) atoms. The molecule has 0 aromatic heterocycles. The highest BCUT2D eigenvalue weighted by Crippen LogP contribution is 2.36. The molecule has 2 aromatic rings. The van der Waals surface area contributed by atoms with Crippen molar-refractivity contribution in [3.63, 3.8) is 0 Å². The average Bonchev–Trinajstić information content (AvgIpc) is 3.05. The van der Waals surface area contributed by atoms with Crippen molar-refractivity contribution in [1.29, 1.82) is 0 Å². The number of ether oxygens (including phenoxy) is 1. The number of nitrogens with one attached hydrogen (secondary N) is 1. The molecule has 5 heteroatoms. The Labute approximate surface area is 147 Å². The Bertz CT molecular complexity index is 748. The number of rotatable bonds is 3. The molecular formula is C19H21ClN2O2. The van der Waals surface area contributed by atoms with Crippen molar-refractivity contribution in [1.82, 2.24) is 4.90 Å². The molecule has 1 atom stereocenters. The highest BCUT2D eigenvalue weighted by molar-refractivity contribution is 6.31. The van der Waals surface area contributed by atoms with E-state index in [9.17, 15) is 4.79 Å². The van der Waals surface area contributed by atoms with Crippen molar-refractivity contribution in [3.05, 3.63) is 58.6 Å². The number of nitrogens with zero attached hydrogens (tertiary/aromatic N) is 1. The second-order valence-electron chi connectivity index (χ2n) is 6.01. The quantitative estimate of drug-likeness (QED) is 0.848. The van der Waals surface area contributed by atoms with Gasteiger partial charge in [0.2, 0.25) is 0 Å². The van der Waals surface area contributed by atoms with Crippen LogP contribution in [-0.2, 0) is 0 Å². The van der Waals surface area contributed by atoms with Crippen molar-refractivity contribution < 1.29 is 9.53 Å². The summed E-state index contributed by atoms with van der Waals surface area (Å²) in [5.74, 6) is 0.655. The van der Waals surface area contributed by atoms with Gasteiger partial charge < -0.3 is 15.0 Å². The van der Waals surface area contributed by atoms with Gasteiger partial charge >= 0.3 is 6.03 Å². The summed E-state index contributed by atoms with van der Waals surface area (Å²) in [5.41, 5.74) is 2.76. The lowest BCUT2D eigenvalue weighted by Gasteiger charge is -2.26. The molecule has 4 nitrogen and oxygen atoms in total. The maximum Gasteiger partial charge on any atom is 0.322 e. The lowest BCUT2D eigenvalue weighted by Crippen LogP contribution is -2.34. The molecule has 0 saturated carbocycles. The molecule has 1 aliphatic rings. The minimum Gasteiger partial charge on any atom is -0.495 e. The molecule has 126 valence electrons. The first-order valence-electron chi connectivity index (χ1n) is 8.07. The third kappa shape index (κ3) is 3.34. The van der Waals surface area contributed by atoms with E-state index in [1.54, 1.807) is 7.11 Å². The van der Waals surface area contributed by atoms with Gasteiger partial charge in [-0.2, -0.15) is 0 Å². The van der Waals surface area contributed by atoms with E-state index in [1.165, 1.54) is 0 Å². The summed E-state index contributed by atoms with van der Waals surface area (Å²) in [7, 11) is 1.60. The van der Waals surface area contributed by atoms with Crippen LogP contribution in [0.25, 0.3) is 0 Å². The number of hydrogen-bond donors (Lipinski definition) is 1. The van der Waals surface area contributed by atoms with Gasteiger partial charge in [0.05, 0.1) is 18.8 Å². The fourth-order valence-corrected chi connectivity index (χ4v) is 3.45. The van der Waals surface area contributed by atoms with Crippen molar-refractivity contribution in [2.75, 3.05) is 19.0 Å². The number of halogens is 1. The zero-order chi connectivity index (χ0) is 17.1. The van der Waals surface area contributed by atoms with Gasteiger partial charge in [-0.15, -0.1) is 0 Å². The van der Waals surface area contributed by atoms with Crippen molar-refractivity contribution in [2.24, 2.45) is 0 Å². The van der Waals surface area contributed by atoms with Gasteiger partial charge in [0.15, 0.2) is 0 Å². The molecule has 0 aliphatic carbocycles. The van der Waals surface area contributed by atoms with Gasteiger partial charge in [-0.3, -0.25) is 0 Å². The fourth-order valence-electron chi connectivity index (χ4n) is 3.18. The number of likely N-dealkylation sites (tertiary alicyclic amines) is 1. The molecule has 2 aromatic carbocycles. The van der Waals surface area contributed by atoms with Gasteiger partial charge in [0.1, 0.15) is 5.75 Å². The Morgan fingerprint density at radius 1 is 1.29 bits per heavy atom. The normalized spacial score (nSPS) is 17.0. The Morgan fingerprint density at radius 3 is 2.83 bits per heavy atom. The number of carbonyl (C=O) groups is 1. The molecule has 1 heterocycles. The summed E-state index contributed by atoms with van der Waals surface area (Å²) in [4.78, 5) is 14.7. The van der Waals surface area contributed by atoms with E-state index in [1.807, 2.05) is 54.3 Å². The van der Waals surface area contributed by atoms with Crippen molar-refractivity contribution in [3.8, 4) is 5.75 Å². The molecule has 0 radical (unpaired) electrons. The van der Waals surface area contributed by atoms with Gasteiger partial charge in [-0.05, 0) is 49.1 Å². The monoisotopic (exact) mass is 344 g/mol. The predicted molar refractivity (Wildman–Crippen MR) is 96.9 cm³/mol. The maximum absolute atomic E-state index is 12.8. The Balaban J connectivity index is 1.82. The number of methoxy groups -OCH3 is 1. The van der Waals surface area contributed by atoms with E-state index in [-0.39, 0.29) is 12.1 Å². The van der Waals surface area contributed by atoms with Gasteiger partial charge in [-0.25, -0.2) is 4.79 Å². The molecular weight excluding hydrogens is 324 g/mol. The minimum atomic E-state index is -0.124. The average molecular weight is 345 g/mol. The van der Waals surface area contributed by atoms with Crippen LogP contribution in [0.2, 0.25) is 5.02 Å². The summed E-state index contributed by atoms with van der Waals surface area (Å²) in [6, 6.07) is 13.3. The molecule has 1 unspecified atom stereocenters. The lowest BCUT2D eigenvalue weighted by molar-refractivity contribution is 0.207. The summed E-state index contributed by atoms with van der Waals surface area (Å²) in [6.45, 7) is 2.70. The second kappa shape index (κ2) is 7.14. The van der Waals surface area contributed by atoms with E-state index < -0.39 is 0 Å². The summed E-state index contributed by atoms with van der Waals surface area (Å²) < 4.78 is 5.34. The van der Waals surface area contributed by atoms with Crippen LogP contribution in [0.5, 0.6) is 5.75 Å². The van der Waals surface area contributed by atoms with Crippen LogP contribution in [0.4, 0.5) is 10.5 Å². The Kier molecular flexibility index (Phi) is 4.95. The van der Waals surface area contributed by atoms with Crippen LogP contribution in [0.15, 0.2) is 42.5 Å². The third-order valence-electron chi connectivity index (χ3n) is 4.37. The number of amides is 2. The van der Waals surface area contributed by atoms with Crippen LogP contribution in [-0.4, -0.2) is 24.6 Å². The molecule has 3 rings (SSSR count). The second-order valence-corrected chi connectivity index (χ2v) is 6.41. The number of aryl methyl sites for hydroxylation is 1. The SMILES string of the molecule is COc1ccc(C)cc1NC(=O)N1CCCC1c1ccccc1Cl. The summed E-state index contributed by atoms with van der Waals surface area (Å²) in [5, 5.41) is 3.69. The number of benzene rings is 2. The van der Waals surface area contributed by atoms with E-state index >= 15 is 0 Å². The number of anilines is 1. The molecule has 1 fully saturated rings. The summed E-state index contributed by atoms with van der Waals surface area (Å²) >= 11 is 6.32. The third-order valence-corrected chi connectivity index (χ3v) is 4.72. The number of carbonyl (C=O) groups excluding carboxylic acids is 1. The number of urea groups is 1. The van der Waals surface area contributed by atoms with Gasteiger partial charge in [0, 0.05) is 11.6 Å². The predicted octanol–water partition coefficient (Wildman–Crippen LogP) is 5.03. The smallest absolute Gasteiger partial charge is 0.322 e. The zero-order valence-electron chi connectivity index (χ0n) is 13.9. The summed E-state index contributed by atoms with van der Waals surface area (Å²) in [6.07, 6.45) is 1.89. The van der Waals surface area contributed by atoms with Crippen LogP contribution >= 0.6 is 11.6 Å². The molecule has 1 saturated heterocycles. The number of hydrogen-bond acceptors (Lipinski definition) is 2.